The highest BCUT2D eigenvalue weighted by Crippen LogP contribution is 2.40. The van der Waals surface area contributed by atoms with Crippen LogP contribution in [0.1, 0.15) is 69.8 Å². The number of nitrogens with one attached hydrogen (secondary N) is 1. The quantitative estimate of drug-likeness (QED) is 0.666. The van der Waals surface area contributed by atoms with Gasteiger partial charge in [-0.1, -0.05) is 55.4 Å². The second-order valence-corrected chi connectivity index (χ2v) is 8.19. The van der Waals surface area contributed by atoms with Crippen molar-refractivity contribution < 1.29 is 4.79 Å². The molecule has 0 spiro atoms. The van der Waals surface area contributed by atoms with Crippen LogP contribution in [0.5, 0.6) is 0 Å². The minimum atomic E-state index is -0.209. The Morgan fingerprint density at radius 2 is 2.00 bits per heavy atom. The SMILES string of the molecule is CCC[C@H](NC(=O)[C@H](C)Sc1nnc(C2CC2)n1CC)c1ccccc1. The molecule has 140 valence electrons. The second-order valence-electron chi connectivity index (χ2n) is 6.88. The highest BCUT2D eigenvalue weighted by Gasteiger charge is 2.31. The van der Waals surface area contributed by atoms with Gasteiger partial charge < -0.3 is 9.88 Å². The molecule has 2 aromatic rings. The maximum absolute atomic E-state index is 12.8. The molecule has 6 heteroatoms. The van der Waals surface area contributed by atoms with E-state index in [9.17, 15) is 4.79 Å². The van der Waals surface area contributed by atoms with Crippen LogP contribution < -0.4 is 5.32 Å². The van der Waals surface area contributed by atoms with Crippen LogP contribution in [0.2, 0.25) is 0 Å². The lowest BCUT2D eigenvalue weighted by Gasteiger charge is -2.21. The summed E-state index contributed by atoms with van der Waals surface area (Å²) in [5.41, 5.74) is 1.16. The minimum absolute atomic E-state index is 0.0518. The van der Waals surface area contributed by atoms with Gasteiger partial charge in [0.15, 0.2) is 5.16 Å². The van der Waals surface area contributed by atoms with Gasteiger partial charge in [-0.25, -0.2) is 0 Å². The Bertz CT molecular complexity index is 727. The van der Waals surface area contributed by atoms with Gasteiger partial charge in [0.25, 0.3) is 0 Å². The Morgan fingerprint density at radius 3 is 2.62 bits per heavy atom. The molecule has 1 heterocycles. The van der Waals surface area contributed by atoms with Gasteiger partial charge in [0, 0.05) is 12.5 Å². The molecule has 5 nitrogen and oxygen atoms in total. The molecular weight excluding hydrogens is 344 g/mol. The van der Waals surface area contributed by atoms with E-state index in [2.05, 4.69) is 46.1 Å². The summed E-state index contributed by atoms with van der Waals surface area (Å²) in [6.07, 6.45) is 4.36. The van der Waals surface area contributed by atoms with Gasteiger partial charge in [0.05, 0.1) is 11.3 Å². The fourth-order valence-corrected chi connectivity index (χ4v) is 4.05. The number of amides is 1. The number of hydrogen-bond acceptors (Lipinski definition) is 4. The van der Waals surface area contributed by atoms with Crippen molar-refractivity contribution >= 4 is 17.7 Å². The molecule has 0 bridgehead atoms. The topological polar surface area (TPSA) is 59.8 Å². The van der Waals surface area contributed by atoms with E-state index in [0.717, 1.165) is 35.9 Å². The van der Waals surface area contributed by atoms with Crippen molar-refractivity contribution in [2.24, 2.45) is 0 Å². The molecule has 1 aromatic carbocycles. The van der Waals surface area contributed by atoms with Crippen LogP contribution in [0.15, 0.2) is 35.5 Å². The van der Waals surface area contributed by atoms with Crippen LogP contribution >= 0.6 is 11.8 Å². The van der Waals surface area contributed by atoms with E-state index >= 15 is 0 Å². The summed E-state index contributed by atoms with van der Waals surface area (Å²) >= 11 is 1.50. The van der Waals surface area contributed by atoms with E-state index in [1.54, 1.807) is 0 Å². The largest absolute Gasteiger partial charge is 0.348 e. The number of benzene rings is 1. The zero-order valence-corrected chi connectivity index (χ0v) is 16.6. The summed E-state index contributed by atoms with van der Waals surface area (Å²) in [6, 6.07) is 10.3. The number of carbonyl (C=O) groups excluding carboxylic acids is 1. The van der Waals surface area contributed by atoms with Crippen LogP contribution in [-0.2, 0) is 11.3 Å². The van der Waals surface area contributed by atoms with Crippen molar-refractivity contribution in [3.8, 4) is 0 Å². The summed E-state index contributed by atoms with van der Waals surface area (Å²) < 4.78 is 2.16. The van der Waals surface area contributed by atoms with Gasteiger partial charge in [0.2, 0.25) is 5.91 Å². The van der Waals surface area contributed by atoms with E-state index in [0.29, 0.717) is 5.92 Å². The molecule has 2 atom stereocenters. The van der Waals surface area contributed by atoms with Gasteiger partial charge in [-0.05, 0) is 38.7 Å². The number of nitrogens with zero attached hydrogens (tertiary/aromatic N) is 3. The monoisotopic (exact) mass is 372 g/mol. The lowest BCUT2D eigenvalue weighted by Crippen LogP contribution is -2.34. The fraction of sp³-hybridized carbons (Fsp3) is 0.550. The average Bonchev–Trinajstić information content (AvgIpc) is 3.43. The van der Waals surface area contributed by atoms with Gasteiger partial charge >= 0.3 is 0 Å². The summed E-state index contributed by atoms with van der Waals surface area (Å²) in [6.45, 7) is 7.04. The molecule has 1 aliphatic rings. The molecule has 0 unspecified atom stereocenters. The summed E-state index contributed by atoms with van der Waals surface area (Å²) in [7, 11) is 0. The lowest BCUT2D eigenvalue weighted by molar-refractivity contribution is -0.121. The third-order valence-electron chi connectivity index (χ3n) is 4.75. The van der Waals surface area contributed by atoms with Crippen molar-refractivity contribution in [2.45, 2.75) is 75.4 Å². The molecule has 1 aromatic heterocycles. The van der Waals surface area contributed by atoms with Crippen molar-refractivity contribution in [3.05, 3.63) is 41.7 Å². The molecular formula is C20H28N4OS. The first-order valence-electron chi connectivity index (χ1n) is 9.59. The van der Waals surface area contributed by atoms with Crippen LogP contribution in [0.3, 0.4) is 0 Å². The first-order chi connectivity index (χ1) is 12.6. The van der Waals surface area contributed by atoms with Crippen LogP contribution in [0.25, 0.3) is 0 Å². The molecule has 1 N–H and O–H groups in total. The van der Waals surface area contributed by atoms with Crippen molar-refractivity contribution in [2.75, 3.05) is 0 Å². The van der Waals surface area contributed by atoms with Gasteiger partial charge in [-0.3, -0.25) is 4.79 Å². The standard InChI is InChI=1S/C20H28N4OS/c1-4-9-17(15-10-7-6-8-11-15)21-19(25)14(3)26-20-23-22-18(16-12-13-16)24(20)5-2/h6-8,10-11,14,16-17H,4-5,9,12-13H2,1-3H3,(H,21,25)/t14-,17-/m0/s1. The fourth-order valence-electron chi connectivity index (χ4n) is 3.12. The van der Waals surface area contributed by atoms with Gasteiger partial charge in [-0.2, -0.15) is 0 Å². The van der Waals surface area contributed by atoms with Crippen molar-refractivity contribution in [1.82, 2.24) is 20.1 Å². The maximum Gasteiger partial charge on any atom is 0.233 e. The smallest absolute Gasteiger partial charge is 0.233 e. The molecule has 1 fully saturated rings. The summed E-state index contributed by atoms with van der Waals surface area (Å²) in [5.74, 6) is 1.69. The van der Waals surface area contributed by atoms with Crippen LogP contribution in [0.4, 0.5) is 0 Å². The molecule has 1 amide bonds. The molecule has 26 heavy (non-hydrogen) atoms. The van der Waals surface area contributed by atoms with Crippen LogP contribution in [0, 0.1) is 0 Å². The summed E-state index contributed by atoms with van der Waals surface area (Å²) in [5, 5.41) is 12.6. The summed E-state index contributed by atoms with van der Waals surface area (Å²) in [4.78, 5) is 12.8. The molecule has 0 saturated heterocycles. The van der Waals surface area contributed by atoms with Gasteiger partial charge in [-0.15, -0.1) is 10.2 Å². The van der Waals surface area contributed by atoms with Crippen LogP contribution in [-0.4, -0.2) is 25.9 Å². The highest BCUT2D eigenvalue weighted by molar-refractivity contribution is 8.00. The maximum atomic E-state index is 12.8. The zero-order chi connectivity index (χ0) is 18.5. The Labute approximate surface area is 160 Å². The van der Waals surface area contributed by atoms with E-state index < -0.39 is 0 Å². The first kappa shape index (κ1) is 19.0. The average molecular weight is 373 g/mol. The zero-order valence-electron chi connectivity index (χ0n) is 15.8. The predicted octanol–water partition coefficient (Wildman–Crippen LogP) is 4.31. The van der Waals surface area contributed by atoms with Crippen molar-refractivity contribution in [3.63, 3.8) is 0 Å². The van der Waals surface area contributed by atoms with Gasteiger partial charge in [0.1, 0.15) is 5.82 Å². The van der Waals surface area contributed by atoms with E-state index in [4.69, 9.17) is 0 Å². The predicted molar refractivity (Wildman–Crippen MR) is 105 cm³/mol. The van der Waals surface area contributed by atoms with E-state index in [1.165, 1.54) is 24.6 Å². The number of aromatic nitrogens is 3. The minimum Gasteiger partial charge on any atom is -0.348 e. The molecule has 1 aliphatic carbocycles. The second kappa shape index (κ2) is 8.71. The number of hydrogen-bond donors (Lipinski definition) is 1. The highest BCUT2D eigenvalue weighted by atomic mass is 32.2. The number of carbonyl (C=O) groups is 1. The number of thioether (sulfide) groups is 1. The van der Waals surface area contributed by atoms with E-state index in [-0.39, 0.29) is 17.2 Å². The Balaban J connectivity index is 1.65. The normalized spacial score (nSPS) is 16.3. The van der Waals surface area contributed by atoms with E-state index in [1.807, 2.05) is 25.1 Å². The Kier molecular flexibility index (Phi) is 6.35. The molecule has 0 radical (unpaired) electrons. The third kappa shape index (κ3) is 4.47. The Morgan fingerprint density at radius 1 is 1.27 bits per heavy atom. The first-order valence-corrected chi connectivity index (χ1v) is 10.5. The van der Waals surface area contributed by atoms with Crippen molar-refractivity contribution in [1.29, 1.82) is 0 Å². The lowest BCUT2D eigenvalue weighted by atomic mass is 10.0. The molecule has 1 saturated carbocycles. The third-order valence-corrected chi connectivity index (χ3v) is 5.83. The number of rotatable bonds is 9. The molecule has 3 rings (SSSR count). The molecule has 0 aliphatic heterocycles. The Hall–Kier alpha value is -1.82.